The van der Waals surface area contributed by atoms with E-state index in [4.69, 9.17) is 5.73 Å². The zero-order chi connectivity index (χ0) is 17.5. The first-order chi connectivity index (χ1) is 12.8. The van der Waals surface area contributed by atoms with Crippen molar-refractivity contribution in [1.82, 2.24) is 29.5 Å². The second-order valence-electron chi connectivity index (χ2n) is 5.84. The molecule has 4 heterocycles. The second-order valence-corrected chi connectivity index (χ2v) is 6.87. The highest BCUT2D eigenvalue weighted by atomic mass is 32.2. The molecule has 136 valence electrons. The molecule has 4 aromatic rings. The molecule has 0 atom stereocenters. The highest BCUT2D eigenvalue weighted by Gasteiger charge is 2.18. The third-order valence-electron chi connectivity index (χ3n) is 4.19. The van der Waals surface area contributed by atoms with E-state index in [1.54, 1.807) is 30.5 Å². The minimum Gasteiger partial charge on any atom is -0.337 e. The smallest absolute Gasteiger partial charge is 0.163 e. The molecule has 0 radical (unpaired) electrons. The van der Waals surface area contributed by atoms with E-state index in [-0.39, 0.29) is 7.43 Å². The van der Waals surface area contributed by atoms with Gasteiger partial charge in [0.2, 0.25) is 0 Å². The maximum atomic E-state index is 5.73. The van der Waals surface area contributed by atoms with Crippen molar-refractivity contribution in [2.24, 2.45) is 5.73 Å². The minimum absolute atomic E-state index is 0. The van der Waals surface area contributed by atoms with E-state index in [1.807, 2.05) is 4.57 Å². The van der Waals surface area contributed by atoms with E-state index >= 15 is 0 Å². The van der Waals surface area contributed by atoms with Gasteiger partial charge in [-0.1, -0.05) is 25.3 Å². The van der Waals surface area contributed by atoms with Gasteiger partial charge in [0.05, 0.1) is 24.3 Å². The van der Waals surface area contributed by atoms with Crippen molar-refractivity contribution in [3.63, 3.8) is 0 Å². The highest BCUT2D eigenvalue weighted by molar-refractivity contribution is 7.99. The number of anilines is 2. The predicted octanol–water partition coefficient (Wildman–Crippen LogP) is 2.97. The molecule has 1 aromatic carbocycles. The molecular formula is C18H18N8S. The van der Waals surface area contributed by atoms with Crippen LogP contribution in [0.25, 0.3) is 11.2 Å². The third-order valence-corrected chi connectivity index (χ3v) is 5.26. The summed E-state index contributed by atoms with van der Waals surface area (Å²) in [6.45, 7) is 1.00. The Hall–Kier alpha value is -3.04. The summed E-state index contributed by atoms with van der Waals surface area (Å²) in [5.74, 6) is 0.788. The second kappa shape index (κ2) is 6.93. The summed E-state index contributed by atoms with van der Waals surface area (Å²) in [5, 5.41) is 4.24. The number of rotatable bonds is 3. The van der Waals surface area contributed by atoms with Crippen LogP contribution in [-0.4, -0.2) is 29.5 Å². The fraction of sp³-hybridized carbons (Fsp3) is 0.167. The van der Waals surface area contributed by atoms with Gasteiger partial charge in [-0.15, -0.1) is 0 Å². The molecule has 8 nitrogen and oxygen atoms in total. The normalized spacial score (nSPS) is 12.0. The van der Waals surface area contributed by atoms with Gasteiger partial charge in [0, 0.05) is 23.8 Å². The molecule has 3 N–H and O–H groups in total. The molecular weight excluding hydrogens is 360 g/mol. The molecule has 1 aliphatic heterocycles. The molecule has 0 amide bonds. The lowest BCUT2D eigenvalue weighted by Crippen LogP contribution is -2.06. The summed E-state index contributed by atoms with van der Waals surface area (Å²) in [6, 6.07) is 6.32. The Morgan fingerprint density at radius 2 is 1.96 bits per heavy atom. The molecule has 3 aromatic heterocycles. The molecule has 0 fully saturated rings. The van der Waals surface area contributed by atoms with Crippen LogP contribution in [0, 0.1) is 0 Å². The summed E-state index contributed by atoms with van der Waals surface area (Å²) >= 11 is 1.62. The first-order valence-electron chi connectivity index (χ1n) is 8.05. The molecule has 0 saturated heterocycles. The monoisotopic (exact) mass is 378 g/mol. The maximum Gasteiger partial charge on any atom is 0.163 e. The summed E-state index contributed by atoms with van der Waals surface area (Å²) in [7, 11) is 0. The Morgan fingerprint density at radius 3 is 2.85 bits per heavy atom. The molecule has 5 rings (SSSR count). The van der Waals surface area contributed by atoms with Crippen molar-refractivity contribution in [3.05, 3.63) is 54.5 Å². The SMILES string of the molecule is C.NCc1ncnc2c1ncn2Cc1ccc2c(c1)Nc1nccnc1S2. The predicted molar refractivity (Wildman–Crippen MR) is 105 cm³/mol. The fourth-order valence-corrected chi connectivity index (χ4v) is 3.85. The van der Waals surface area contributed by atoms with Crippen LogP contribution in [0.5, 0.6) is 0 Å². The molecule has 0 spiro atoms. The standard InChI is InChI=1S/C17H14N8S.CH4/c18-6-12-14-16(22-8-21-12)25(9-23-14)7-10-1-2-13-11(5-10)24-15-17(26-13)20-4-3-19-15;/h1-5,8-9H,6-7,18H2,(H,19,24);1H4. The van der Waals surface area contributed by atoms with Gasteiger partial charge in [0.25, 0.3) is 0 Å². The van der Waals surface area contributed by atoms with Crippen molar-refractivity contribution in [1.29, 1.82) is 0 Å². The Labute approximate surface area is 160 Å². The van der Waals surface area contributed by atoms with Gasteiger partial charge in [0.1, 0.15) is 16.9 Å². The minimum atomic E-state index is 0. The van der Waals surface area contributed by atoms with Gasteiger partial charge >= 0.3 is 0 Å². The van der Waals surface area contributed by atoms with Crippen LogP contribution in [0.2, 0.25) is 0 Å². The quantitative estimate of drug-likeness (QED) is 0.493. The summed E-state index contributed by atoms with van der Waals surface area (Å²) in [5.41, 5.74) is 10.2. The Bertz CT molecular complexity index is 1120. The summed E-state index contributed by atoms with van der Waals surface area (Å²) in [6.07, 6.45) is 6.70. The fourth-order valence-electron chi connectivity index (χ4n) is 2.97. The molecule has 0 aliphatic carbocycles. The van der Waals surface area contributed by atoms with Crippen LogP contribution in [0.4, 0.5) is 11.5 Å². The Balaban J connectivity index is 0.00000180. The van der Waals surface area contributed by atoms with Crippen LogP contribution in [0.3, 0.4) is 0 Å². The van der Waals surface area contributed by atoms with E-state index in [9.17, 15) is 0 Å². The molecule has 1 aliphatic rings. The van der Waals surface area contributed by atoms with Crippen LogP contribution in [0.15, 0.2) is 53.2 Å². The number of aromatic nitrogens is 6. The maximum absolute atomic E-state index is 5.73. The van der Waals surface area contributed by atoms with Crippen molar-refractivity contribution < 1.29 is 0 Å². The van der Waals surface area contributed by atoms with Crippen molar-refractivity contribution >= 4 is 34.4 Å². The van der Waals surface area contributed by atoms with Gasteiger partial charge < -0.3 is 15.6 Å². The summed E-state index contributed by atoms with van der Waals surface area (Å²) in [4.78, 5) is 22.8. The van der Waals surface area contributed by atoms with Gasteiger partial charge in [-0.2, -0.15) is 0 Å². The molecule has 27 heavy (non-hydrogen) atoms. The Morgan fingerprint density at radius 1 is 1.07 bits per heavy atom. The van der Waals surface area contributed by atoms with Gasteiger partial charge in [0.15, 0.2) is 11.5 Å². The van der Waals surface area contributed by atoms with Crippen LogP contribution in [-0.2, 0) is 13.1 Å². The number of benzene rings is 1. The van der Waals surface area contributed by atoms with Crippen molar-refractivity contribution in [2.45, 2.75) is 30.4 Å². The molecule has 0 saturated carbocycles. The van der Waals surface area contributed by atoms with Gasteiger partial charge in [-0.25, -0.2) is 24.9 Å². The average molecular weight is 378 g/mol. The third kappa shape index (κ3) is 3.00. The van der Waals surface area contributed by atoms with E-state index in [0.717, 1.165) is 43.8 Å². The average Bonchev–Trinajstić information content (AvgIpc) is 3.09. The van der Waals surface area contributed by atoms with E-state index < -0.39 is 0 Å². The van der Waals surface area contributed by atoms with Crippen LogP contribution >= 0.6 is 11.8 Å². The number of fused-ring (bicyclic) bond motifs is 3. The van der Waals surface area contributed by atoms with Crippen LogP contribution < -0.4 is 11.1 Å². The number of imidazole rings is 1. The van der Waals surface area contributed by atoms with Gasteiger partial charge in [-0.3, -0.25) is 0 Å². The first kappa shape index (κ1) is 17.4. The number of hydrogen-bond donors (Lipinski definition) is 2. The molecule has 0 unspecified atom stereocenters. The molecule has 9 heteroatoms. The van der Waals surface area contributed by atoms with E-state index in [0.29, 0.717) is 13.1 Å². The number of nitrogens with one attached hydrogen (secondary N) is 1. The van der Waals surface area contributed by atoms with Gasteiger partial charge in [-0.05, 0) is 17.7 Å². The zero-order valence-corrected chi connectivity index (χ0v) is 14.4. The zero-order valence-electron chi connectivity index (χ0n) is 13.6. The van der Waals surface area contributed by atoms with Crippen LogP contribution in [0.1, 0.15) is 18.7 Å². The van der Waals surface area contributed by atoms with Crippen molar-refractivity contribution in [2.75, 3.05) is 5.32 Å². The van der Waals surface area contributed by atoms with E-state index in [1.165, 1.54) is 6.33 Å². The number of hydrogen-bond acceptors (Lipinski definition) is 8. The lowest BCUT2D eigenvalue weighted by molar-refractivity contribution is 0.811. The lowest BCUT2D eigenvalue weighted by atomic mass is 10.2. The Kier molecular flexibility index (Phi) is 4.46. The molecule has 0 bridgehead atoms. The topological polar surface area (TPSA) is 107 Å². The highest BCUT2D eigenvalue weighted by Crippen LogP contribution is 2.42. The van der Waals surface area contributed by atoms with E-state index in [2.05, 4.69) is 48.4 Å². The summed E-state index contributed by atoms with van der Waals surface area (Å²) < 4.78 is 2.00. The number of nitrogens with zero attached hydrogens (tertiary/aromatic N) is 6. The first-order valence-corrected chi connectivity index (χ1v) is 8.87. The van der Waals surface area contributed by atoms with Crippen molar-refractivity contribution in [3.8, 4) is 0 Å². The lowest BCUT2D eigenvalue weighted by Gasteiger charge is -2.19. The largest absolute Gasteiger partial charge is 0.337 e. The number of nitrogens with two attached hydrogens (primary N) is 1.